The standard InChI is InChI=1S/C20H32N2O2/c1-6-17-11-7-9-15(2)18(17)21-13-16-10-8-12-22(14-16)19(23)24-20(3,4)5/h7,9,11,16,21H,6,8,10,12-14H2,1-5H3. The summed E-state index contributed by atoms with van der Waals surface area (Å²) < 4.78 is 5.51. The van der Waals surface area contributed by atoms with Crippen molar-refractivity contribution < 1.29 is 9.53 Å². The van der Waals surface area contributed by atoms with Crippen molar-refractivity contribution in [1.29, 1.82) is 0 Å². The van der Waals surface area contributed by atoms with Gasteiger partial charge < -0.3 is 15.0 Å². The monoisotopic (exact) mass is 332 g/mol. The van der Waals surface area contributed by atoms with Gasteiger partial charge in [0.15, 0.2) is 0 Å². The highest BCUT2D eigenvalue weighted by atomic mass is 16.6. The maximum atomic E-state index is 12.3. The van der Waals surface area contributed by atoms with Gasteiger partial charge in [-0.2, -0.15) is 0 Å². The van der Waals surface area contributed by atoms with Crippen LogP contribution in [0.4, 0.5) is 10.5 Å². The fraction of sp³-hybridized carbons (Fsp3) is 0.650. The fourth-order valence-electron chi connectivity index (χ4n) is 3.25. The molecule has 0 spiro atoms. The van der Waals surface area contributed by atoms with Gasteiger partial charge in [-0.05, 0) is 64.0 Å². The van der Waals surface area contributed by atoms with Crippen LogP contribution in [0.2, 0.25) is 0 Å². The molecule has 134 valence electrons. The van der Waals surface area contributed by atoms with Gasteiger partial charge in [-0.1, -0.05) is 25.1 Å². The van der Waals surface area contributed by atoms with Crippen molar-refractivity contribution in [3.05, 3.63) is 29.3 Å². The van der Waals surface area contributed by atoms with Gasteiger partial charge in [0.2, 0.25) is 0 Å². The molecular weight excluding hydrogens is 300 g/mol. The molecule has 1 aromatic rings. The molecule has 1 unspecified atom stereocenters. The number of likely N-dealkylation sites (tertiary alicyclic amines) is 1. The molecule has 1 fully saturated rings. The molecule has 1 aliphatic rings. The van der Waals surface area contributed by atoms with E-state index in [1.54, 1.807) is 0 Å². The van der Waals surface area contributed by atoms with Crippen molar-refractivity contribution in [3.63, 3.8) is 0 Å². The van der Waals surface area contributed by atoms with Crippen molar-refractivity contribution in [2.75, 3.05) is 25.0 Å². The highest BCUT2D eigenvalue weighted by molar-refractivity contribution is 5.68. The molecule has 1 heterocycles. The van der Waals surface area contributed by atoms with E-state index in [2.05, 4.69) is 37.4 Å². The van der Waals surface area contributed by atoms with Crippen LogP contribution in [0.5, 0.6) is 0 Å². The van der Waals surface area contributed by atoms with Crippen LogP contribution in [0.1, 0.15) is 51.7 Å². The topological polar surface area (TPSA) is 41.6 Å². The summed E-state index contributed by atoms with van der Waals surface area (Å²) in [5, 5.41) is 3.63. The molecule has 0 aromatic heterocycles. The number of para-hydroxylation sites is 1. The van der Waals surface area contributed by atoms with Crippen LogP contribution in [-0.4, -0.2) is 36.2 Å². The van der Waals surface area contributed by atoms with Crippen molar-refractivity contribution >= 4 is 11.8 Å². The number of nitrogens with zero attached hydrogens (tertiary/aromatic N) is 1. The average molecular weight is 332 g/mol. The van der Waals surface area contributed by atoms with Crippen LogP contribution >= 0.6 is 0 Å². The van der Waals surface area contributed by atoms with Crippen LogP contribution < -0.4 is 5.32 Å². The maximum absolute atomic E-state index is 12.3. The number of ether oxygens (including phenoxy) is 1. The first kappa shape index (κ1) is 18.6. The minimum atomic E-state index is -0.431. The largest absolute Gasteiger partial charge is 0.444 e. The van der Waals surface area contributed by atoms with E-state index in [4.69, 9.17) is 4.74 Å². The highest BCUT2D eigenvalue weighted by Crippen LogP contribution is 2.24. The Morgan fingerprint density at radius 3 is 2.79 bits per heavy atom. The van der Waals surface area contributed by atoms with E-state index in [1.165, 1.54) is 16.8 Å². The second-order valence-electron chi connectivity index (χ2n) is 7.78. The van der Waals surface area contributed by atoms with Crippen LogP contribution in [0.3, 0.4) is 0 Å². The van der Waals surface area contributed by atoms with Crippen LogP contribution in [0, 0.1) is 12.8 Å². The molecule has 0 bridgehead atoms. The van der Waals surface area contributed by atoms with Gasteiger partial charge in [-0.15, -0.1) is 0 Å². The molecule has 1 saturated heterocycles. The number of piperidine rings is 1. The minimum absolute atomic E-state index is 0.183. The van der Waals surface area contributed by atoms with Crippen LogP contribution in [0.25, 0.3) is 0 Å². The molecule has 0 saturated carbocycles. The van der Waals surface area contributed by atoms with E-state index in [1.807, 2.05) is 25.7 Å². The van der Waals surface area contributed by atoms with Gasteiger partial charge in [0.05, 0.1) is 0 Å². The van der Waals surface area contributed by atoms with E-state index < -0.39 is 5.60 Å². The number of carbonyl (C=O) groups is 1. The normalized spacial score (nSPS) is 18.4. The second-order valence-corrected chi connectivity index (χ2v) is 7.78. The molecule has 1 N–H and O–H groups in total. The Morgan fingerprint density at radius 1 is 1.38 bits per heavy atom. The van der Waals surface area contributed by atoms with E-state index in [-0.39, 0.29) is 6.09 Å². The molecule has 1 aromatic carbocycles. The predicted molar refractivity (Wildman–Crippen MR) is 99.6 cm³/mol. The van der Waals surface area contributed by atoms with Gasteiger partial charge in [-0.3, -0.25) is 0 Å². The Labute approximate surface area is 146 Å². The zero-order valence-electron chi connectivity index (χ0n) is 15.8. The number of aryl methyl sites for hydroxylation is 2. The Morgan fingerprint density at radius 2 is 2.12 bits per heavy atom. The molecule has 1 atom stereocenters. The van der Waals surface area contributed by atoms with Gasteiger partial charge in [-0.25, -0.2) is 4.79 Å². The summed E-state index contributed by atoms with van der Waals surface area (Å²) in [4.78, 5) is 14.1. The summed E-state index contributed by atoms with van der Waals surface area (Å²) in [6.07, 6.45) is 3.04. The quantitative estimate of drug-likeness (QED) is 0.875. The first-order valence-corrected chi connectivity index (χ1v) is 9.10. The average Bonchev–Trinajstić information content (AvgIpc) is 2.52. The van der Waals surface area contributed by atoms with E-state index in [0.717, 1.165) is 38.9 Å². The molecule has 0 aliphatic carbocycles. The van der Waals surface area contributed by atoms with E-state index in [9.17, 15) is 4.79 Å². The minimum Gasteiger partial charge on any atom is -0.444 e. The summed E-state index contributed by atoms with van der Waals surface area (Å²) in [5.41, 5.74) is 3.47. The van der Waals surface area contributed by atoms with Gasteiger partial charge in [0.25, 0.3) is 0 Å². The lowest BCUT2D eigenvalue weighted by Crippen LogP contribution is -2.44. The zero-order chi connectivity index (χ0) is 17.7. The van der Waals surface area contributed by atoms with Gasteiger partial charge in [0, 0.05) is 25.3 Å². The molecule has 2 rings (SSSR count). The lowest BCUT2D eigenvalue weighted by Gasteiger charge is -2.34. The Bertz CT molecular complexity index is 563. The van der Waals surface area contributed by atoms with Gasteiger partial charge in [0.1, 0.15) is 5.60 Å². The molecule has 4 heteroatoms. The maximum Gasteiger partial charge on any atom is 0.410 e. The Balaban J connectivity index is 1.93. The molecule has 1 aliphatic heterocycles. The smallest absolute Gasteiger partial charge is 0.410 e. The number of benzene rings is 1. The van der Waals surface area contributed by atoms with Crippen LogP contribution in [-0.2, 0) is 11.2 Å². The lowest BCUT2D eigenvalue weighted by molar-refractivity contribution is 0.0172. The zero-order valence-corrected chi connectivity index (χ0v) is 15.8. The van der Waals surface area contributed by atoms with Crippen molar-refractivity contribution in [1.82, 2.24) is 4.90 Å². The van der Waals surface area contributed by atoms with Crippen molar-refractivity contribution in [2.45, 2.75) is 59.5 Å². The summed E-state index contributed by atoms with van der Waals surface area (Å²) in [6.45, 7) is 12.6. The number of hydrogen-bond acceptors (Lipinski definition) is 3. The second kappa shape index (κ2) is 7.91. The lowest BCUT2D eigenvalue weighted by atomic mass is 9.97. The number of carbonyl (C=O) groups excluding carboxylic acids is 1. The Hall–Kier alpha value is -1.71. The molecule has 0 radical (unpaired) electrons. The third-order valence-corrected chi connectivity index (χ3v) is 4.48. The fourth-order valence-corrected chi connectivity index (χ4v) is 3.25. The van der Waals surface area contributed by atoms with E-state index >= 15 is 0 Å². The third-order valence-electron chi connectivity index (χ3n) is 4.48. The number of nitrogens with one attached hydrogen (secondary N) is 1. The molecule has 24 heavy (non-hydrogen) atoms. The van der Waals surface area contributed by atoms with Crippen LogP contribution in [0.15, 0.2) is 18.2 Å². The molecular formula is C20H32N2O2. The number of hydrogen-bond donors (Lipinski definition) is 1. The summed E-state index contributed by atoms with van der Waals surface area (Å²) in [5.74, 6) is 0.468. The summed E-state index contributed by atoms with van der Waals surface area (Å²) in [6, 6.07) is 6.45. The highest BCUT2D eigenvalue weighted by Gasteiger charge is 2.27. The molecule has 4 nitrogen and oxygen atoms in total. The van der Waals surface area contributed by atoms with Crippen molar-refractivity contribution in [3.8, 4) is 0 Å². The van der Waals surface area contributed by atoms with Gasteiger partial charge >= 0.3 is 6.09 Å². The van der Waals surface area contributed by atoms with Crippen molar-refractivity contribution in [2.24, 2.45) is 5.92 Å². The van der Waals surface area contributed by atoms with E-state index in [0.29, 0.717) is 5.92 Å². The first-order chi connectivity index (χ1) is 11.3. The predicted octanol–water partition coefficient (Wildman–Crippen LogP) is 4.62. The SMILES string of the molecule is CCc1cccc(C)c1NCC1CCCN(C(=O)OC(C)(C)C)C1. The summed E-state index contributed by atoms with van der Waals surface area (Å²) >= 11 is 0. The first-order valence-electron chi connectivity index (χ1n) is 9.10. The molecule has 1 amide bonds. The Kier molecular flexibility index (Phi) is 6.14. The number of anilines is 1. The number of amides is 1. The summed E-state index contributed by atoms with van der Waals surface area (Å²) in [7, 11) is 0. The third kappa shape index (κ3) is 5.15. The number of rotatable bonds is 4.